The van der Waals surface area contributed by atoms with Crippen molar-refractivity contribution in [2.45, 2.75) is 6.42 Å². The van der Waals surface area contributed by atoms with Gasteiger partial charge in [-0.3, -0.25) is 4.98 Å². The molecule has 0 fully saturated rings. The van der Waals surface area contributed by atoms with E-state index in [0.717, 1.165) is 29.8 Å². The van der Waals surface area contributed by atoms with Crippen LogP contribution in [-0.2, 0) is 0 Å². The SMILES string of the molecule is NCCCNc1cnc2ccccc2n1. The Labute approximate surface area is 88.5 Å². The minimum Gasteiger partial charge on any atom is -0.369 e. The largest absolute Gasteiger partial charge is 0.369 e. The fourth-order valence-electron chi connectivity index (χ4n) is 1.36. The van der Waals surface area contributed by atoms with Crippen molar-refractivity contribution in [2.75, 3.05) is 18.4 Å². The molecular weight excluding hydrogens is 188 g/mol. The number of aromatic nitrogens is 2. The molecule has 1 aromatic carbocycles. The van der Waals surface area contributed by atoms with E-state index in [0.29, 0.717) is 6.54 Å². The monoisotopic (exact) mass is 202 g/mol. The van der Waals surface area contributed by atoms with Gasteiger partial charge in [-0.1, -0.05) is 12.1 Å². The summed E-state index contributed by atoms with van der Waals surface area (Å²) >= 11 is 0. The average Bonchev–Trinajstić information content (AvgIpc) is 2.29. The van der Waals surface area contributed by atoms with Crippen LogP contribution in [0, 0.1) is 0 Å². The molecule has 0 aliphatic rings. The normalized spacial score (nSPS) is 10.5. The fourth-order valence-corrected chi connectivity index (χ4v) is 1.36. The molecule has 78 valence electrons. The summed E-state index contributed by atoms with van der Waals surface area (Å²) in [5, 5.41) is 3.18. The van der Waals surface area contributed by atoms with Crippen molar-refractivity contribution in [1.29, 1.82) is 0 Å². The Morgan fingerprint density at radius 1 is 1.20 bits per heavy atom. The standard InChI is InChI=1S/C11H14N4/c12-6-3-7-13-11-8-14-9-4-1-2-5-10(9)15-11/h1-2,4-5,8H,3,6-7,12H2,(H,13,15). The quantitative estimate of drug-likeness (QED) is 0.735. The Morgan fingerprint density at radius 3 is 2.80 bits per heavy atom. The van der Waals surface area contributed by atoms with E-state index in [1.54, 1.807) is 6.20 Å². The summed E-state index contributed by atoms with van der Waals surface area (Å²) in [6, 6.07) is 7.82. The molecule has 4 nitrogen and oxygen atoms in total. The molecule has 0 saturated heterocycles. The number of nitrogens with one attached hydrogen (secondary N) is 1. The van der Waals surface area contributed by atoms with Crippen LogP contribution in [0.4, 0.5) is 5.82 Å². The molecule has 3 N–H and O–H groups in total. The molecule has 0 saturated carbocycles. The summed E-state index contributed by atoms with van der Waals surface area (Å²) in [6.07, 6.45) is 2.69. The first kappa shape index (κ1) is 9.86. The smallest absolute Gasteiger partial charge is 0.145 e. The van der Waals surface area contributed by atoms with Crippen LogP contribution in [0.5, 0.6) is 0 Å². The highest BCUT2D eigenvalue weighted by Crippen LogP contribution is 2.10. The van der Waals surface area contributed by atoms with Crippen molar-refractivity contribution in [3.8, 4) is 0 Å². The Hall–Kier alpha value is -1.68. The van der Waals surface area contributed by atoms with E-state index in [9.17, 15) is 0 Å². The van der Waals surface area contributed by atoms with Crippen molar-refractivity contribution in [3.05, 3.63) is 30.5 Å². The van der Waals surface area contributed by atoms with Crippen LogP contribution in [0.2, 0.25) is 0 Å². The van der Waals surface area contributed by atoms with Gasteiger partial charge in [-0.05, 0) is 25.1 Å². The number of hydrogen-bond acceptors (Lipinski definition) is 4. The third-order valence-electron chi connectivity index (χ3n) is 2.14. The Kier molecular flexibility index (Phi) is 3.09. The Balaban J connectivity index is 2.16. The summed E-state index contributed by atoms with van der Waals surface area (Å²) in [5.41, 5.74) is 7.24. The molecule has 1 heterocycles. The minimum atomic E-state index is 0.689. The van der Waals surface area contributed by atoms with Crippen molar-refractivity contribution in [3.63, 3.8) is 0 Å². The molecule has 0 radical (unpaired) electrons. The molecule has 0 unspecified atom stereocenters. The van der Waals surface area contributed by atoms with Gasteiger partial charge >= 0.3 is 0 Å². The maximum Gasteiger partial charge on any atom is 0.145 e. The molecule has 0 spiro atoms. The van der Waals surface area contributed by atoms with Crippen LogP contribution in [0.3, 0.4) is 0 Å². The van der Waals surface area contributed by atoms with Gasteiger partial charge in [0, 0.05) is 6.54 Å². The predicted molar refractivity (Wildman–Crippen MR) is 61.7 cm³/mol. The molecule has 0 aliphatic heterocycles. The summed E-state index contributed by atoms with van der Waals surface area (Å²) < 4.78 is 0. The minimum absolute atomic E-state index is 0.689. The van der Waals surface area contributed by atoms with Gasteiger partial charge in [-0.2, -0.15) is 0 Å². The van der Waals surface area contributed by atoms with Crippen LogP contribution < -0.4 is 11.1 Å². The van der Waals surface area contributed by atoms with Crippen molar-refractivity contribution < 1.29 is 0 Å². The lowest BCUT2D eigenvalue weighted by atomic mass is 10.3. The third kappa shape index (κ3) is 2.41. The van der Waals surface area contributed by atoms with Crippen LogP contribution >= 0.6 is 0 Å². The number of rotatable bonds is 4. The van der Waals surface area contributed by atoms with E-state index < -0.39 is 0 Å². The van der Waals surface area contributed by atoms with Crippen LogP contribution in [0.1, 0.15) is 6.42 Å². The van der Waals surface area contributed by atoms with Gasteiger partial charge in [0.2, 0.25) is 0 Å². The molecule has 2 aromatic rings. The first-order valence-electron chi connectivity index (χ1n) is 5.06. The highest BCUT2D eigenvalue weighted by atomic mass is 15.0. The first-order valence-corrected chi connectivity index (χ1v) is 5.06. The molecule has 0 aliphatic carbocycles. The van der Waals surface area contributed by atoms with Gasteiger partial charge in [0.05, 0.1) is 17.2 Å². The second kappa shape index (κ2) is 4.70. The number of benzene rings is 1. The van der Waals surface area contributed by atoms with Crippen molar-refractivity contribution in [1.82, 2.24) is 9.97 Å². The second-order valence-electron chi connectivity index (χ2n) is 3.31. The zero-order valence-electron chi connectivity index (χ0n) is 8.48. The highest BCUT2D eigenvalue weighted by molar-refractivity contribution is 5.75. The third-order valence-corrected chi connectivity index (χ3v) is 2.14. The fraction of sp³-hybridized carbons (Fsp3) is 0.273. The van der Waals surface area contributed by atoms with E-state index in [2.05, 4.69) is 15.3 Å². The molecule has 0 atom stereocenters. The summed E-state index contributed by atoms with van der Waals surface area (Å²) in [4.78, 5) is 8.74. The van der Waals surface area contributed by atoms with E-state index in [-0.39, 0.29) is 0 Å². The molecule has 15 heavy (non-hydrogen) atoms. The maximum atomic E-state index is 5.41. The number of anilines is 1. The van der Waals surface area contributed by atoms with Gasteiger partial charge in [0.15, 0.2) is 0 Å². The van der Waals surface area contributed by atoms with E-state index in [1.165, 1.54) is 0 Å². The van der Waals surface area contributed by atoms with Crippen LogP contribution in [0.15, 0.2) is 30.5 Å². The number of nitrogens with zero attached hydrogens (tertiary/aromatic N) is 2. The molecule has 0 bridgehead atoms. The zero-order chi connectivity index (χ0) is 10.5. The number of para-hydroxylation sites is 2. The molecule has 4 heteroatoms. The molecule has 0 amide bonds. The van der Waals surface area contributed by atoms with Gasteiger partial charge < -0.3 is 11.1 Å². The lowest BCUT2D eigenvalue weighted by molar-refractivity contribution is 0.870. The van der Waals surface area contributed by atoms with E-state index in [1.807, 2.05) is 24.3 Å². The number of nitrogens with two attached hydrogens (primary N) is 1. The highest BCUT2D eigenvalue weighted by Gasteiger charge is 1.97. The van der Waals surface area contributed by atoms with Crippen molar-refractivity contribution >= 4 is 16.9 Å². The average molecular weight is 202 g/mol. The van der Waals surface area contributed by atoms with E-state index in [4.69, 9.17) is 5.73 Å². The summed E-state index contributed by atoms with van der Waals surface area (Å²) in [6.45, 7) is 1.53. The Morgan fingerprint density at radius 2 is 2.00 bits per heavy atom. The molecule has 2 rings (SSSR count). The summed E-state index contributed by atoms with van der Waals surface area (Å²) in [7, 11) is 0. The lowest BCUT2D eigenvalue weighted by Gasteiger charge is -2.04. The van der Waals surface area contributed by atoms with E-state index >= 15 is 0 Å². The second-order valence-corrected chi connectivity index (χ2v) is 3.31. The lowest BCUT2D eigenvalue weighted by Crippen LogP contribution is -2.09. The molecule has 1 aromatic heterocycles. The van der Waals surface area contributed by atoms with Crippen LogP contribution in [-0.4, -0.2) is 23.1 Å². The predicted octanol–water partition coefficient (Wildman–Crippen LogP) is 1.39. The van der Waals surface area contributed by atoms with Gasteiger partial charge in [0.25, 0.3) is 0 Å². The topological polar surface area (TPSA) is 63.8 Å². The van der Waals surface area contributed by atoms with Gasteiger partial charge in [0.1, 0.15) is 5.82 Å². The first-order chi connectivity index (χ1) is 7.40. The Bertz CT molecular complexity index is 441. The summed E-state index contributed by atoms with van der Waals surface area (Å²) in [5.74, 6) is 0.808. The molecular formula is C11H14N4. The zero-order valence-corrected chi connectivity index (χ0v) is 8.48. The number of fused-ring (bicyclic) bond motifs is 1. The maximum absolute atomic E-state index is 5.41. The van der Waals surface area contributed by atoms with Gasteiger partial charge in [-0.15, -0.1) is 0 Å². The van der Waals surface area contributed by atoms with Crippen LogP contribution in [0.25, 0.3) is 11.0 Å². The number of hydrogen-bond donors (Lipinski definition) is 2. The van der Waals surface area contributed by atoms with Gasteiger partial charge in [-0.25, -0.2) is 4.98 Å². The van der Waals surface area contributed by atoms with Crippen molar-refractivity contribution in [2.24, 2.45) is 5.73 Å².